The molecule has 0 radical (unpaired) electrons. The van der Waals surface area contributed by atoms with Crippen LogP contribution in [0.3, 0.4) is 0 Å². The third-order valence-corrected chi connectivity index (χ3v) is 5.01. The maximum absolute atomic E-state index is 12.1. The second kappa shape index (κ2) is 8.75. The van der Waals surface area contributed by atoms with Crippen LogP contribution in [0.4, 0.5) is 0 Å². The number of carbonyl (C=O) groups is 1. The SMILES string of the molecule is O=C(OCc1cc(C2CCc3ccccc32)ccc1O)c1ccccc1.[NaH]. The maximum atomic E-state index is 12.1. The van der Waals surface area contributed by atoms with Crippen LogP contribution in [0.25, 0.3) is 0 Å². The van der Waals surface area contributed by atoms with Gasteiger partial charge < -0.3 is 9.84 Å². The number of carbonyl (C=O) groups excluding carboxylic acids is 1. The number of fused-ring (bicyclic) bond motifs is 1. The number of phenolic OH excluding ortho intramolecular Hbond substituents is 1. The second-order valence-electron chi connectivity index (χ2n) is 6.62. The molecule has 4 heteroatoms. The van der Waals surface area contributed by atoms with E-state index in [1.807, 2.05) is 18.2 Å². The molecule has 1 unspecified atom stereocenters. The average molecular weight is 368 g/mol. The first kappa shape index (κ1) is 19.7. The number of phenols is 1. The predicted octanol–water partition coefficient (Wildman–Crippen LogP) is 4.18. The average Bonchev–Trinajstić information content (AvgIpc) is 3.12. The van der Waals surface area contributed by atoms with Gasteiger partial charge in [0.05, 0.1) is 5.56 Å². The van der Waals surface area contributed by atoms with Gasteiger partial charge in [-0.2, -0.15) is 0 Å². The van der Waals surface area contributed by atoms with E-state index < -0.39 is 0 Å². The van der Waals surface area contributed by atoms with Crippen LogP contribution >= 0.6 is 0 Å². The van der Waals surface area contributed by atoms with Crippen molar-refractivity contribution < 1.29 is 14.6 Å². The molecular weight excluding hydrogens is 347 g/mol. The van der Waals surface area contributed by atoms with E-state index in [1.54, 1.807) is 30.3 Å². The molecule has 3 nitrogen and oxygen atoms in total. The quantitative estimate of drug-likeness (QED) is 0.555. The normalized spacial score (nSPS) is 14.9. The molecule has 132 valence electrons. The van der Waals surface area contributed by atoms with Gasteiger partial charge in [-0.3, -0.25) is 0 Å². The fourth-order valence-corrected chi connectivity index (χ4v) is 3.64. The molecule has 3 aromatic carbocycles. The second-order valence-corrected chi connectivity index (χ2v) is 6.62. The van der Waals surface area contributed by atoms with Gasteiger partial charge in [0.25, 0.3) is 0 Å². The zero-order chi connectivity index (χ0) is 17.9. The number of aromatic hydroxyl groups is 1. The fourth-order valence-electron chi connectivity index (χ4n) is 3.64. The first-order valence-electron chi connectivity index (χ1n) is 8.84. The molecular formula is C23H21NaO3. The zero-order valence-electron chi connectivity index (χ0n) is 14.4. The minimum absolute atomic E-state index is 0. The van der Waals surface area contributed by atoms with Gasteiger partial charge in [-0.1, -0.05) is 48.5 Å². The minimum atomic E-state index is -0.387. The molecule has 1 atom stereocenters. The first-order chi connectivity index (χ1) is 12.7. The van der Waals surface area contributed by atoms with Crippen molar-refractivity contribution in [3.05, 3.63) is 101 Å². The zero-order valence-corrected chi connectivity index (χ0v) is 14.4. The van der Waals surface area contributed by atoms with Crippen LogP contribution in [0.15, 0.2) is 72.8 Å². The number of ether oxygens (including phenoxy) is 1. The summed E-state index contributed by atoms with van der Waals surface area (Å²) in [5, 5.41) is 10.2. The van der Waals surface area contributed by atoms with Crippen molar-refractivity contribution in [2.24, 2.45) is 0 Å². The van der Waals surface area contributed by atoms with E-state index in [1.165, 1.54) is 11.1 Å². The van der Waals surface area contributed by atoms with Crippen LogP contribution in [0.1, 0.15) is 45.0 Å². The van der Waals surface area contributed by atoms with Crippen LogP contribution in [-0.4, -0.2) is 40.6 Å². The Morgan fingerprint density at radius 3 is 2.56 bits per heavy atom. The molecule has 0 aliphatic heterocycles. The molecule has 0 fully saturated rings. The van der Waals surface area contributed by atoms with E-state index in [2.05, 4.69) is 24.3 Å². The Labute approximate surface area is 181 Å². The summed E-state index contributed by atoms with van der Waals surface area (Å²) in [5.41, 5.74) is 5.04. The van der Waals surface area contributed by atoms with Gasteiger partial charge in [0.1, 0.15) is 12.4 Å². The van der Waals surface area contributed by atoms with Crippen molar-refractivity contribution in [2.75, 3.05) is 0 Å². The molecule has 3 aromatic rings. The first-order valence-corrected chi connectivity index (χ1v) is 8.84. The number of hydrogen-bond acceptors (Lipinski definition) is 3. The summed E-state index contributed by atoms with van der Waals surface area (Å²) < 4.78 is 5.38. The Morgan fingerprint density at radius 1 is 1.00 bits per heavy atom. The van der Waals surface area contributed by atoms with Crippen molar-refractivity contribution in [3.63, 3.8) is 0 Å². The molecule has 4 rings (SSSR count). The van der Waals surface area contributed by atoms with Gasteiger partial charge in [0.15, 0.2) is 0 Å². The summed E-state index contributed by atoms with van der Waals surface area (Å²) in [6.45, 7) is 0.0573. The van der Waals surface area contributed by atoms with Crippen LogP contribution in [0.5, 0.6) is 5.75 Å². The Kier molecular flexibility index (Phi) is 6.38. The van der Waals surface area contributed by atoms with E-state index in [0.29, 0.717) is 17.0 Å². The van der Waals surface area contributed by atoms with Crippen LogP contribution in [0, 0.1) is 0 Å². The van der Waals surface area contributed by atoms with E-state index in [0.717, 1.165) is 18.4 Å². The van der Waals surface area contributed by atoms with Crippen molar-refractivity contribution >= 4 is 35.5 Å². The molecule has 1 N–H and O–H groups in total. The van der Waals surface area contributed by atoms with Crippen molar-refractivity contribution in [1.29, 1.82) is 0 Å². The fraction of sp³-hybridized carbons (Fsp3) is 0.174. The molecule has 0 heterocycles. The van der Waals surface area contributed by atoms with Gasteiger partial charge in [0, 0.05) is 11.5 Å². The standard InChI is InChI=1S/C23H20O3.Na.H/c24-22-13-11-18(21-12-10-16-6-4-5-9-20(16)21)14-19(22)15-26-23(25)17-7-2-1-3-8-17;;/h1-9,11,13-14,21,24H,10,12,15H2;;. The van der Waals surface area contributed by atoms with E-state index >= 15 is 0 Å². The summed E-state index contributed by atoms with van der Waals surface area (Å²) in [7, 11) is 0. The van der Waals surface area contributed by atoms with Gasteiger partial charge in [0.2, 0.25) is 0 Å². The molecule has 0 aromatic heterocycles. The van der Waals surface area contributed by atoms with Crippen LogP contribution in [-0.2, 0) is 17.8 Å². The van der Waals surface area contributed by atoms with Crippen LogP contribution in [0.2, 0.25) is 0 Å². The summed E-state index contributed by atoms with van der Waals surface area (Å²) in [6.07, 6.45) is 2.13. The van der Waals surface area contributed by atoms with Crippen LogP contribution < -0.4 is 0 Å². The molecule has 0 amide bonds. The van der Waals surface area contributed by atoms with E-state index in [4.69, 9.17) is 4.74 Å². The molecule has 1 aliphatic rings. The molecule has 27 heavy (non-hydrogen) atoms. The van der Waals surface area contributed by atoms with E-state index in [-0.39, 0.29) is 47.9 Å². The summed E-state index contributed by atoms with van der Waals surface area (Å²) in [5.74, 6) is 0.0953. The molecule has 0 saturated carbocycles. The summed E-state index contributed by atoms with van der Waals surface area (Å²) in [4.78, 5) is 12.1. The Morgan fingerprint density at radius 2 is 1.74 bits per heavy atom. The summed E-state index contributed by atoms with van der Waals surface area (Å²) >= 11 is 0. The predicted molar refractivity (Wildman–Crippen MR) is 107 cm³/mol. The van der Waals surface area contributed by atoms with Gasteiger partial charge in [-0.25, -0.2) is 4.79 Å². The number of aryl methyl sites for hydroxylation is 1. The van der Waals surface area contributed by atoms with E-state index in [9.17, 15) is 9.90 Å². The third-order valence-electron chi connectivity index (χ3n) is 5.01. The van der Waals surface area contributed by atoms with Crippen molar-refractivity contribution in [1.82, 2.24) is 0 Å². The Hall–Kier alpha value is -2.07. The third kappa shape index (κ3) is 4.27. The van der Waals surface area contributed by atoms with Gasteiger partial charge in [-0.05, 0) is 53.8 Å². The number of rotatable bonds is 4. The summed E-state index contributed by atoms with van der Waals surface area (Å²) in [6, 6.07) is 23.0. The number of esters is 1. The molecule has 0 spiro atoms. The van der Waals surface area contributed by atoms with Gasteiger partial charge in [-0.15, -0.1) is 0 Å². The molecule has 1 aliphatic carbocycles. The van der Waals surface area contributed by atoms with Crippen molar-refractivity contribution in [2.45, 2.75) is 25.4 Å². The molecule has 0 saturated heterocycles. The number of benzene rings is 3. The number of hydrogen-bond donors (Lipinski definition) is 1. The van der Waals surface area contributed by atoms with Gasteiger partial charge >= 0.3 is 35.5 Å². The topological polar surface area (TPSA) is 46.5 Å². The Balaban J connectivity index is 0.00000210. The molecule has 0 bridgehead atoms. The monoisotopic (exact) mass is 368 g/mol. The Bertz CT molecular complexity index is 937. The van der Waals surface area contributed by atoms with Crippen molar-refractivity contribution in [3.8, 4) is 5.75 Å².